The summed E-state index contributed by atoms with van der Waals surface area (Å²) in [4.78, 5) is 24.6. The second kappa shape index (κ2) is 7.38. The van der Waals surface area contributed by atoms with Gasteiger partial charge in [0.2, 0.25) is 5.91 Å². The van der Waals surface area contributed by atoms with Crippen molar-refractivity contribution >= 4 is 46.8 Å². The predicted octanol–water partition coefficient (Wildman–Crippen LogP) is 3.30. The van der Waals surface area contributed by atoms with E-state index in [-0.39, 0.29) is 11.7 Å². The van der Waals surface area contributed by atoms with Gasteiger partial charge in [-0.15, -0.1) is 11.8 Å². The molecule has 1 saturated heterocycles. The maximum Gasteiger partial charge on any atom is 0.326 e. The van der Waals surface area contributed by atoms with Crippen molar-refractivity contribution in [2.24, 2.45) is 0 Å². The standard InChI is InChI=1S/C14H15Cl2NO3S/c15-10-4-3-9(11(16)6-10)7-21-8-13(18)17-5-1-2-12(17)14(19)20/h3-4,6,12H,1-2,5,7-8H2,(H,19,20). The molecule has 1 unspecified atom stereocenters. The molecule has 0 aromatic heterocycles. The number of benzene rings is 1. The van der Waals surface area contributed by atoms with E-state index in [0.717, 1.165) is 12.0 Å². The fourth-order valence-corrected chi connectivity index (χ4v) is 3.76. The molecular weight excluding hydrogens is 333 g/mol. The number of likely N-dealkylation sites (tertiary alicyclic amines) is 1. The van der Waals surface area contributed by atoms with E-state index in [2.05, 4.69) is 0 Å². The van der Waals surface area contributed by atoms with E-state index in [4.69, 9.17) is 28.3 Å². The number of aliphatic carboxylic acids is 1. The van der Waals surface area contributed by atoms with Crippen molar-refractivity contribution in [1.82, 2.24) is 4.90 Å². The first-order chi connectivity index (χ1) is 9.99. The number of carbonyl (C=O) groups is 2. The van der Waals surface area contributed by atoms with E-state index < -0.39 is 12.0 Å². The van der Waals surface area contributed by atoms with Crippen LogP contribution in [0.25, 0.3) is 0 Å². The lowest BCUT2D eigenvalue weighted by atomic mass is 10.2. The molecule has 1 fully saturated rings. The van der Waals surface area contributed by atoms with Crippen LogP contribution in [0.15, 0.2) is 18.2 Å². The van der Waals surface area contributed by atoms with Gasteiger partial charge in [0.1, 0.15) is 6.04 Å². The summed E-state index contributed by atoms with van der Waals surface area (Å²) >= 11 is 13.3. The first kappa shape index (κ1) is 16.5. The second-order valence-electron chi connectivity index (χ2n) is 4.81. The lowest BCUT2D eigenvalue weighted by Crippen LogP contribution is -2.41. The van der Waals surface area contributed by atoms with E-state index in [9.17, 15) is 9.59 Å². The van der Waals surface area contributed by atoms with Gasteiger partial charge in [0.15, 0.2) is 0 Å². The minimum absolute atomic E-state index is 0.130. The third kappa shape index (κ3) is 4.28. The molecule has 1 atom stereocenters. The maximum atomic E-state index is 12.1. The third-order valence-electron chi connectivity index (χ3n) is 3.36. The smallest absolute Gasteiger partial charge is 0.326 e. The SMILES string of the molecule is O=C(O)C1CCCN1C(=O)CSCc1ccc(Cl)cc1Cl. The number of hydrogen-bond donors (Lipinski definition) is 1. The minimum atomic E-state index is -0.924. The lowest BCUT2D eigenvalue weighted by molar-refractivity contribution is -0.147. The Morgan fingerprint density at radius 1 is 1.38 bits per heavy atom. The largest absolute Gasteiger partial charge is 0.480 e. The Labute approximate surface area is 137 Å². The van der Waals surface area contributed by atoms with Crippen LogP contribution in [0, 0.1) is 0 Å². The molecule has 114 valence electrons. The summed E-state index contributed by atoms with van der Waals surface area (Å²) in [7, 11) is 0. The molecule has 7 heteroatoms. The van der Waals surface area contributed by atoms with Gasteiger partial charge >= 0.3 is 5.97 Å². The van der Waals surface area contributed by atoms with Crippen LogP contribution >= 0.6 is 35.0 Å². The van der Waals surface area contributed by atoms with Crippen LogP contribution in [0.5, 0.6) is 0 Å². The molecule has 4 nitrogen and oxygen atoms in total. The van der Waals surface area contributed by atoms with E-state index in [1.165, 1.54) is 16.7 Å². The van der Waals surface area contributed by atoms with Crippen LogP contribution < -0.4 is 0 Å². The van der Waals surface area contributed by atoms with Crippen molar-refractivity contribution in [1.29, 1.82) is 0 Å². The number of carboxylic acids is 1. The monoisotopic (exact) mass is 347 g/mol. The summed E-state index contributed by atoms with van der Waals surface area (Å²) in [6.07, 6.45) is 1.28. The molecule has 0 spiro atoms. The van der Waals surface area contributed by atoms with Crippen molar-refractivity contribution in [3.05, 3.63) is 33.8 Å². The van der Waals surface area contributed by atoms with Crippen LogP contribution in [0.4, 0.5) is 0 Å². The molecule has 21 heavy (non-hydrogen) atoms. The Morgan fingerprint density at radius 3 is 2.81 bits per heavy atom. The number of carboxylic acid groups (broad SMARTS) is 1. The van der Waals surface area contributed by atoms with Crippen LogP contribution in [0.2, 0.25) is 10.0 Å². The van der Waals surface area contributed by atoms with E-state index in [0.29, 0.717) is 28.8 Å². The van der Waals surface area contributed by atoms with Gasteiger partial charge < -0.3 is 10.0 Å². The zero-order valence-electron chi connectivity index (χ0n) is 11.2. The number of rotatable bonds is 5. The average Bonchev–Trinajstić information content (AvgIpc) is 2.90. The number of halogens is 2. The number of amides is 1. The molecule has 1 heterocycles. The molecular formula is C14H15Cl2NO3S. The van der Waals surface area contributed by atoms with Crippen LogP contribution in [-0.2, 0) is 15.3 Å². The Morgan fingerprint density at radius 2 is 2.14 bits per heavy atom. The lowest BCUT2D eigenvalue weighted by Gasteiger charge is -2.21. The predicted molar refractivity (Wildman–Crippen MR) is 85.0 cm³/mol. The number of hydrogen-bond acceptors (Lipinski definition) is 3. The van der Waals surface area contributed by atoms with Crippen molar-refractivity contribution in [2.75, 3.05) is 12.3 Å². The molecule has 0 aliphatic carbocycles. The second-order valence-corrected chi connectivity index (χ2v) is 6.64. The fourth-order valence-electron chi connectivity index (χ4n) is 2.29. The Balaban J connectivity index is 1.85. The van der Waals surface area contributed by atoms with E-state index in [1.807, 2.05) is 6.07 Å². The Hall–Kier alpha value is -0.910. The quantitative estimate of drug-likeness (QED) is 0.887. The summed E-state index contributed by atoms with van der Waals surface area (Å²) in [5.41, 5.74) is 0.912. The van der Waals surface area contributed by atoms with Gasteiger partial charge in [0.25, 0.3) is 0 Å². The maximum absolute atomic E-state index is 12.1. The van der Waals surface area contributed by atoms with E-state index >= 15 is 0 Å². The van der Waals surface area contributed by atoms with Gasteiger partial charge in [0, 0.05) is 22.3 Å². The topological polar surface area (TPSA) is 57.6 Å². The number of thioether (sulfide) groups is 1. The first-order valence-corrected chi connectivity index (χ1v) is 8.44. The van der Waals surface area contributed by atoms with Crippen molar-refractivity contribution in [3.63, 3.8) is 0 Å². The van der Waals surface area contributed by atoms with Gasteiger partial charge in [-0.2, -0.15) is 0 Å². The molecule has 0 radical (unpaired) electrons. The number of carbonyl (C=O) groups excluding carboxylic acids is 1. The van der Waals surface area contributed by atoms with Crippen molar-refractivity contribution in [2.45, 2.75) is 24.6 Å². The molecule has 1 aliphatic rings. The Kier molecular flexibility index (Phi) is 5.79. The molecule has 1 amide bonds. The zero-order valence-corrected chi connectivity index (χ0v) is 13.5. The van der Waals surface area contributed by atoms with Gasteiger partial charge in [0.05, 0.1) is 5.75 Å². The van der Waals surface area contributed by atoms with Gasteiger partial charge in [-0.3, -0.25) is 4.79 Å². The van der Waals surface area contributed by atoms with Crippen molar-refractivity contribution < 1.29 is 14.7 Å². The van der Waals surface area contributed by atoms with Gasteiger partial charge in [-0.05, 0) is 30.5 Å². The van der Waals surface area contributed by atoms with Crippen LogP contribution in [0.1, 0.15) is 18.4 Å². The average molecular weight is 348 g/mol. The Bertz CT molecular complexity index is 553. The van der Waals surface area contributed by atoms with Gasteiger partial charge in [-0.1, -0.05) is 29.3 Å². The summed E-state index contributed by atoms with van der Waals surface area (Å²) < 4.78 is 0. The summed E-state index contributed by atoms with van der Waals surface area (Å²) in [6, 6.07) is 4.59. The number of nitrogens with zero attached hydrogens (tertiary/aromatic N) is 1. The molecule has 2 rings (SSSR count). The highest BCUT2D eigenvalue weighted by atomic mass is 35.5. The molecule has 1 N–H and O–H groups in total. The highest BCUT2D eigenvalue weighted by Gasteiger charge is 2.33. The van der Waals surface area contributed by atoms with E-state index in [1.54, 1.807) is 12.1 Å². The molecule has 0 bridgehead atoms. The molecule has 1 aromatic rings. The van der Waals surface area contributed by atoms with Crippen LogP contribution in [0.3, 0.4) is 0 Å². The zero-order chi connectivity index (χ0) is 15.4. The minimum Gasteiger partial charge on any atom is -0.480 e. The normalized spacial score (nSPS) is 18.0. The molecule has 1 aromatic carbocycles. The highest BCUT2D eigenvalue weighted by molar-refractivity contribution is 7.99. The van der Waals surface area contributed by atoms with Gasteiger partial charge in [-0.25, -0.2) is 4.79 Å². The fraction of sp³-hybridized carbons (Fsp3) is 0.429. The highest BCUT2D eigenvalue weighted by Crippen LogP contribution is 2.25. The summed E-state index contributed by atoms with van der Waals surface area (Å²) in [5.74, 6) is -0.211. The third-order valence-corrected chi connectivity index (χ3v) is 4.91. The first-order valence-electron chi connectivity index (χ1n) is 6.53. The molecule has 0 saturated carbocycles. The van der Waals surface area contributed by atoms with Crippen molar-refractivity contribution in [3.8, 4) is 0 Å². The van der Waals surface area contributed by atoms with Crippen LogP contribution in [-0.4, -0.2) is 40.2 Å². The summed E-state index contributed by atoms with van der Waals surface area (Å²) in [6.45, 7) is 0.526. The molecule has 1 aliphatic heterocycles. The summed E-state index contributed by atoms with van der Waals surface area (Å²) in [5, 5.41) is 10.2.